The lowest BCUT2D eigenvalue weighted by Crippen LogP contribution is -2.11. The molecule has 0 saturated heterocycles. The SMILES string of the molecule is CC(C)(C)C(O)=CS(=O)(=O)c1ccccc1. The van der Waals surface area contributed by atoms with Crippen molar-refractivity contribution >= 4 is 9.84 Å². The molecule has 4 heteroatoms. The Labute approximate surface area is 96.4 Å². The van der Waals surface area contributed by atoms with Gasteiger partial charge in [0.05, 0.1) is 10.3 Å². The largest absolute Gasteiger partial charge is 0.511 e. The van der Waals surface area contributed by atoms with Crippen LogP contribution in [0.25, 0.3) is 0 Å². The van der Waals surface area contributed by atoms with Crippen LogP contribution >= 0.6 is 0 Å². The maximum atomic E-state index is 11.9. The van der Waals surface area contributed by atoms with Crippen LogP contribution in [0, 0.1) is 5.41 Å². The zero-order chi connectivity index (χ0) is 12.4. The third-order valence-corrected chi connectivity index (χ3v) is 3.57. The van der Waals surface area contributed by atoms with E-state index in [2.05, 4.69) is 0 Å². The van der Waals surface area contributed by atoms with E-state index in [0.717, 1.165) is 5.41 Å². The molecule has 0 radical (unpaired) electrons. The summed E-state index contributed by atoms with van der Waals surface area (Å²) in [6.45, 7) is 5.25. The van der Waals surface area contributed by atoms with E-state index in [4.69, 9.17) is 0 Å². The second kappa shape index (κ2) is 4.29. The molecule has 3 nitrogen and oxygen atoms in total. The quantitative estimate of drug-likeness (QED) is 0.809. The summed E-state index contributed by atoms with van der Waals surface area (Å²) in [6, 6.07) is 8.04. The minimum absolute atomic E-state index is 0.142. The second-order valence-corrected chi connectivity index (χ2v) is 6.41. The maximum Gasteiger partial charge on any atom is 0.203 e. The molecule has 0 fully saturated rings. The van der Waals surface area contributed by atoms with Gasteiger partial charge in [-0.1, -0.05) is 39.0 Å². The van der Waals surface area contributed by atoms with Crippen LogP contribution in [-0.2, 0) is 9.84 Å². The van der Waals surface area contributed by atoms with Gasteiger partial charge in [-0.3, -0.25) is 0 Å². The van der Waals surface area contributed by atoms with E-state index in [-0.39, 0.29) is 10.7 Å². The predicted molar refractivity (Wildman–Crippen MR) is 63.8 cm³/mol. The molecule has 1 rings (SSSR count). The predicted octanol–water partition coefficient (Wildman–Crippen LogP) is 2.91. The average Bonchev–Trinajstić information content (AvgIpc) is 2.17. The summed E-state index contributed by atoms with van der Waals surface area (Å²) < 4.78 is 23.7. The van der Waals surface area contributed by atoms with E-state index >= 15 is 0 Å². The first-order valence-electron chi connectivity index (χ1n) is 4.95. The van der Waals surface area contributed by atoms with Gasteiger partial charge < -0.3 is 5.11 Å². The Bertz CT molecular complexity index is 479. The maximum absolute atomic E-state index is 11.9. The first-order valence-corrected chi connectivity index (χ1v) is 6.49. The fraction of sp³-hybridized carbons (Fsp3) is 0.333. The Kier molecular flexibility index (Phi) is 3.43. The van der Waals surface area contributed by atoms with Crippen LogP contribution in [0.3, 0.4) is 0 Å². The number of hydrogen-bond donors (Lipinski definition) is 1. The monoisotopic (exact) mass is 240 g/mol. The van der Waals surface area contributed by atoms with E-state index in [1.807, 2.05) is 0 Å². The van der Waals surface area contributed by atoms with Gasteiger partial charge in [-0.05, 0) is 12.1 Å². The summed E-state index contributed by atoms with van der Waals surface area (Å²) >= 11 is 0. The van der Waals surface area contributed by atoms with Crippen molar-refractivity contribution in [3.8, 4) is 0 Å². The lowest BCUT2D eigenvalue weighted by molar-refractivity contribution is 0.278. The molecule has 0 spiro atoms. The van der Waals surface area contributed by atoms with Crippen LogP contribution in [0.1, 0.15) is 20.8 Å². The van der Waals surface area contributed by atoms with E-state index in [0.29, 0.717) is 0 Å². The van der Waals surface area contributed by atoms with Gasteiger partial charge in [-0.15, -0.1) is 0 Å². The average molecular weight is 240 g/mol. The van der Waals surface area contributed by atoms with Gasteiger partial charge in [-0.2, -0.15) is 0 Å². The van der Waals surface area contributed by atoms with Crippen molar-refractivity contribution in [2.45, 2.75) is 25.7 Å². The topological polar surface area (TPSA) is 54.4 Å². The number of sulfone groups is 1. The summed E-state index contributed by atoms with van der Waals surface area (Å²) in [7, 11) is -3.55. The van der Waals surface area contributed by atoms with Gasteiger partial charge in [0.1, 0.15) is 5.76 Å². The number of hydrogen-bond acceptors (Lipinski definition) is 3. The highest BCUT2D eigenvalue weighted by Crippen LogP contribution is 2.25. The number of rotatable bonds is 2. The zero-order valence-electron chi connectivity index (χ0n) is 9.64. The lowest BCUT2D eigenvalue weighted by Gasteiger charge is -2.16. The van der Waals surface area contributed by atoms with Crippen LogP contribution in [0.4, 0.5) is 0 Å². The molecule has 0 saturated carbocycles. The van der Waals surface area contributed by atoms with Crippen LogP contribution < -0.4 is 0 Å². The van der Waals surface area contributed by atoms with Crippen molar-refractivity contribution in [1.29, 1.82) is 0 Å². The van der Waals surface area contributed by atoms with Crippen LogP contribution in [-0.4, -0.2) is 13.5 Å². The molecule has 16 heavy (non-hydrogen) atoms. The van der Waals surface area contributed by atoms with Crippen molar-refractivity contribution in [3.05, 3.63) is 41.5 Å². The molecule has 88 valence electrons. The standard InChI is InChI=1S/C12H16O3S/c1-12(2,3)11(13)9-16(14,15)10-7-5-4-6-8-10/h4-9,13H,1-3H3. The van der Waals surface area contributed by atoms with Crippen molar-refractivity contribution in [2.24, 2.45) is 5.41 Å². The normalized spacial score (nSPS) is 13.8. The van der Waals surface area contributed by atoms with Gasteiger partial charge >= 0.3 is 0 Å². The van der Waals surface area contributed by atoms with Gasteiger partial charge in [0.15, 0.2) is 0 Å². The number of benzene rings is 1. The smallest absolute Gasteiger partial charge is 0.203 e. The summed E-state index contributed by atoms with van der Waals surface area (Å²) in [6.07, 6.45) is 0. The fourth-order valence-corrected chi connectivity index (χ4v) is 2.32. The second-order valence-electron chi connectivity index (χ2n) is 4.61. The molecule has 0 aliphatic rings. The highest BCUT2D eigenvalue weighted by molar-refractivity contribution is 7.94. The van der Waals surface area contributed by atoms with Crippen molar-refractivity contribution in [3.63, 3.8) is 0 Å². The Hall–Kier alpha value is -1.29. The fourth-order valence-electron chi connectivity index (χ4n) is 1.00. The van der Waals surface area contributed by atoms with Crippen LogP contribution in [0.2, 0.25) is 0 Å². The van der Waals surface area contributed by atoms with E-state index in [9.17, 15) is 13.5 Å². The summed E-state index contributed by atoms with van der Waals surface area (Å²) in [4.78, 5) is 0.186. The minimum atomic E-state index is -3.55. The Morgan fingerprint density at radius 3 is 2.12 bits per heavy atom. The number of aliphatic hydroxyl groups excluding tert-OH is 1. The minimum Gasteiger partial charge on any atom is -0.511 e. The molecule has 0 atom stereocenters. The van der Waals surface area contributed by atoms with Crippen molar-refractivity contribution in [1.82, 2.24) is 0 Å². The first-order chi connectivity index (χ1) is 7.23. The van der Waals surface area contributed by atoms with E-state index < -0.39 is 15.3 Å². The third-order valence-electron chi connectivity index (χ3n) is 2.11. The third kappa shape index (κ3) is 3.10. The molecule has 0 heterocycles. The highest BCUT2D eigenvalue weighted by atomic mass is 32.2. The Balaban J connectivity index is 3.16. The molecular formula is C12H16O3S. The molecule has 0 aromatic heterocycles. The van der Waals surface area contributed by atoms with Crippen molar-refractivity contribution in [2.75, 3.05) is 0 Å². The molecule has 0 bridgehead atoms. The van der Waals surface area contributed by atoms with Gasteiger partial charge in [0.2, 0.25) is 9.84 Å². The molecule has 0 amide bonds. The van der Waals surface area contributed by atoms with Crippen molar-refractivity contribution < 1.29 is 13.5 Å². The lowest BCUT2D eigenvalue weighted by atomic mass is 9.95. The molecule has 0 aliphatic heterocycles. The van der Waals surface area contributed by atoms with E-state index in [1.165, 1.54) is 12.1 Å². The Morgan fingerprint density at radius 1 is 1.19 bits per heavy atom. The summed E-state index contributed by atoms with van der Waals surface area (Å²) in [5, 5.41) is 10.6. The molecule has 1 aromatic carbocycles. The Morgan fingerprint density at radius 2 is 1.69 bits per heavy atom. The van der Waals surface area contributed by atoms with Crippen LogP contribution in [0.15, 0.2) is 46.4 Å². The molecule has 0 aliphatic carbocycles. The van der Waals surface area contributed by atoms with Gasteiger partial charge in [-0.25, -0.2) is 8.42 Å². The summed E-state index contributed by atoms with van der Waals surface area (Å²) in [5.41, 5.74) is -0.568. The first kappa shape index (κ1) is 12.8. The summed E-state index contributed by atoms with van der Waals surface area (Å²) in [5.74, 6) is -0.142. The van der Waals surface area contributed by atoms with E-state index in [1.54, 1.807) is 39.0 Å². The molecule has 1 aromatic rings. The molecule has 0 unspecified atom stereocenters. The highest BCUT2D eigenvalue weighted by Gasteiger charge is 2.20. The number of allylic oxidation sites excluding steroid dienone is 1. The van der Waals surface area contributed by atoms with Gasteiger partial charge in [0.25, 0.3) is 0 Å². The molecular weight excluding hydrogens is 224 g/mol. The van der Waals surface area contributed by atoms with Gasteiger partial charge in [0, 0.05) is 5.41 Å². The zero-order valence-corrected chi connectivity index (χ0v) is 10.5. The number of aliphatic hydroxyl groups is 1. The van der Waals surface area contributed by atoms with Crippen LogP contribution in [0.5, 0.6) is 0 Å². The molecule has 1 N–H and O–H groups in total.